The molecule has 90 valence electrons. The van der Waals surface area contributed by atoms with E-state index in [1.165, 1.54) is 31.9 Å². The maximum absolute atomic E-state index is 11.7. The molecule has 18 heavy (non-hydrogen) atoms. The van der Waals surface area contributed by atoms with Crippen LogP contribution in [0.1, 0.15) is 10.4 Å². The third-order valence-corrected chi connectivity index (χ3v) is 2.64. The molecule has 0 radical (unpaired) electrons. The summed E-state index contributed by atoms with van der Waals surface area (Å²) in [5.74, 6) is -0.504. The number of hydrogen-bond acceptors (Lipinski definition) is 5. The molecule has 0 spiro atoms. The topological polar surface area (TPSA) is 89.3 Å². The number of nitrogens with zero attached hydrogens (tertiary/aromatic N) is 3. The molecule has 0 atom stereocenters. The molecule has 0 aliphatic rings. The summed E-state index contributed by atoms with van der Waals surface area (Å²) in [6, 6.07) is 1.52. The van der Waals surface area contributed by atoms with Gasteiger partial charge in [0.05, 0.1) is 24.4 Å². The lowest BCUT2D eigenvalue weighted by Crippen LogP contribution is -2.11. The fraction of sp³-hybridized carbons (Fsp3) is 0.0909. The van der Waals surface area contributed by atoms with Gasteiger partial charge in [-0.25, -0.2) is 14.8 Å². The van der Waals surface area contributed by atoms with Gasteiger partial charge in [-0.3, -0.25) is 9.20 Å². The Bertz CT molecular complexity index is 818. The van der Waals surface area contributed by atoms with Crippen LogP contribution in [0.15, 0.2) is 29.6 Å². The SMILES string of the molecule is COC(=O)c1cnc2c(c1)[nH]c(=O)c1cncn12. The zero-order valence-corrected chi connectivity index (χ0v) is 9.38. The van der Waals surface area contributed by atoms with Crippen molar-refractivity contribution in [2.45, 2.75) is 0 Å². The van der Waals surface area contributed by atoms with Crippen molar-refractivity contribution in [2.24, 2.45) is 0 Å². The molecule has 0 bridgehead atoms. The van der Waals surface area contributed by atoms with Crippen molar-refractivity contribution in [1.82, 2.24) is 19.4 Å². The standard InChI is InChI=1S/C11H8N4O3/c1-18-11(17)6-2-7-9(13-3-6)15-5-12-4-8(15)10(16)14-7/h2-5H,1H3,(H,14,16). The number of hydrogen-bond donors (Lipinski definition) is 1. The minimum atomic E-state index is -0.504. The van der Waals surface area contributed by atoms with E-state index in [0.717, 1.165) is 0 Å². The summed E-state index contributed by atoms with van der Waals surface area (Å²) >= 11 is 0. The highest BCUT2D eigenvalue weighted by atomic mass is 16.5. The second-order valence-electron chi connectivity index (χ2n) is 3.69. The number of aromatic nitrogens is 4. The van der Waals surface area contributed by atoms with Crippen molar-refractivity contribution >= 4 is 22.6 Å². The lowest BCUT2D eigenvalue weighted by atomic mass is 10.2. The van der Waals surface area contributed by atoms with E-state index < -0.39 is 5.97 Å². The van der Waals surface area contributed by atoms with Crippen LogP contribution in [0, 0.1) is 0 Å². The number of aromatic amines is 1. The van der Waals surface area contributed by atoms with Gasteiger partial charge in [0.2, 0.25) is 0 Å². The summed E-state index contributed by atoms with van der Waals surface area (Å²) in [5.41, 5.74) is 1.37. The molecule has 3 heterocycles. The van der Waals surface area contributed by atoms with E-state index in [9.17, 15) is 9.59 Å². The number of carbonyl (C=O) groups is 1. The molecule has 3 aromatic heterocycles. The van der Waals surface area contributed by atoms with E-state index in [1.807, 2.05) is 0 Å². The van der Waals surface area contributed by atoms with Gasteiger partial charge in [0.25, 0.3) is 5.56 Å². The highest BCUT2D eigenvalue weighted by molar-refractivity contribution is 5.92. The number of pyridine rings is 1. The third-order valence-electron chi connectivity index (χ3n) is 2.64. The van der Waals surface area contributed by atoms with Crippen molar-refractivity contribution in [2.75, 3.05) is 7.11 Å². The summed E-state index contributed by atoms with van der Waals surface area (Å²) < 4.78 is 6.16. The summed E-state index contributed by atoms with van der Waals surface area (Å²) in [5, 5.41) is 0. The van der Waals surface area contributed by atoms with Crippen LogP contribution in [0.4, 0.5) is 0 Å². The maximum atomic E-state index is 11.7. The molecule has 0 aliphatic carbocycles. The first-order chi connectivity index (χ1) is 8.70. The Morgan fingerprint density at radius 1 is 1.44 bits per heavy atom. The number of ether oxygens (including phenoxy) is 1. The summed E-state index contributed by atoms with van der Waals surface area (Å²) in [4.78, 5) is 33.8. The first kappa shape index (κ1) is 10.5. The van der Waals surface area contributed by atoms with Gasteiger partial charge in [-0.15, -0.1) is 0 Å². The lowest BCUT2D eigenvalue weighted by molar-refractivity contribution is 0.0600. The van der Waals surface area contributed by atoms with E-state index in [0.29, 0.717) is 16.7 Å². The average Bonchev–Trinajstić information content (AvgIpc) is 2.87. The van der Waals surface area contributed by atoms with Gasteiger partial charge in [0.1, 0.15) is 11.8 Å². The Hall–Kier alpha value is -2.70. The van der Waals surface area contributed by atoms with Crippen molar-refractivity contribution in [3.05, 3.63) is 40.7 Å². The maximum Gasteiger partial charge on any atom is 0.339 e. The average molecular weight is 244 g/mol. The number of methoxy groups -OCH3 is 1. The van der Waals surface area contributed by atoms with Crippen LogP contribution in [0.25, 0.3) is 16.7 Å². The Balaban J connectivity index is 2.39. The largest absolute Gasteiger partial charge is 0.465 e. The molecule has 0 saturated carbocycles. The molecule has 0 unspecified atom stereocenters. The van der Waals surface area contributed by atoms with Crippen LogP contribution in [-0.4, -0.2) is 32.4 Å². The summed E-state index contributed by atoms with van der Waals surface area (Å²) in [6.07, 6.45) is 4.35. The van der Waals surface area contributed by atoms with Crippen LogP contribution >= 0.6 is 0 Å². The van der Waals surface area contributed by atoms with E-state index >= 15 is 0 Å². The fourth-order valence-electron chi connectivity index (χ4n) is 1.79. The van der Waals surface area contributed by atoms with Gasteiger partial charge in [-0.1, -0.05) is 0 Å². The van der Waals surface area contributed by atoms with Gasteiger partial charge in [0.15, 0.2) is 5.65 Å². The molecule has 3 aromatic rings. The minimum absolute atomic E-state index is 0.278. The van der Waals surface area contributed by atoms with Crippen LogP contribution in [-0.2, 0) is 4.74 Å². The Morgan fingerprint density at radius 3 is 3.06 bits per heavy atom. The molecule has 1 N–H and O–H groups in total. The Morgan fingerprint density at radius 2 is 2.28 bits per heavy atom. The smallest absolute Gasteiger partial charge is 0.339 e. The third kappa shape index (κ3) is 1.37. The second-order valence-corrected chi connectivity index (χ2v) is 3.69. The Labute approximate surface area is 100 Å². The number of fused-ring (bicyclic) bond motifs is 3. The quantitative estimate of drug-likeness (QED) is 0.624. The summed E-state index contributed by atoms with van der Waals surface area (Å²) in [6.45, 7) is 0. The molecule has 3 rings (SSSR count). The zero-order chi connectivity index (χ0) is 12.7. The van der Waals surface area contributed by atoms with Crippen molar-refractivity contribution < 1.29 is 9.53 Å². The van der Waals surface area contributed by atoms with Gasteiger partial charge in [-0.05, 0) is 6.07 Å². The van der Waals surface area contributed by atoms with Crippen molar-refractivity contribution in [3.63, 3.8) is 0 Å². The normalized spacial score (nSPS) is 10.9. The van der Waals surface area contributed by atoms with E-state index in [2.05, 4.69) is 19.7 Å². The second kappa shape index (κ2) is 3.66. The van der Waals surface area contributed by atoms with Gasteiger partial charge >= 0.3 is 5.97 Å². The number of imidazole rings is 1. The number of esters is 1. The fourth-order valence-corrected chi connectivity index (χ4v) is 1.79. The molecule has 7 nitrogen and oxygen atoms in total. The molecule has 0 aromatic carbocycles. The van der Waals surface area contributed by atoms with Crippen LogP contribution in [0.2, 0.25) is 0 Å². The van der Waals surface area contributed by atoms with Crippen LogP contribution in [0.5, 0.6) is 0 Å². The molecule has 0 amide bonds. The van der Waals surface area contributed by atoms with E-state index in [1.54, 1.807) is 4.40 Å². The summed E-state index contributed by atoms with van der Waals surface area (Å²) in [7, 11) is 1.29. The number of rotatable bonds is 1. The number of H-pyrrole nitrogens is 1. The highest BCUT2D eigenvalue weighted by Crippen LogP contribution is 2.11. The van der Waals surface area contributed by atoms with Crippen molar-refractivity contribution in [1.29, 1.82) is 0 Å². The number of carbonyl (C=O) groups excluding carboxylic acids is 1. The molecule has 0 fully saturated rings. The molecule has 0 aliphatic heterocycles. The van der Waals surface area contributed by atoms with Crippen molar-refractivity contribution in [3.8, 4) is 0 Å². The lowest BCUT2D eigenvalue weighted by Gasteiger charge is -2.03. The predicted octanol–water partition coefficient (Wildman–Crippen LogP) is 0.357. The first-order valence-electron chi connectivity index (χ1n) is 5.13. The molecular weight excluding hydrogens is 236 g/mol. The zero-order valence-electron chi connectivity index (χ0n) is 9.38. The predicted molar refractivity (Wildman–Crippen MR) is 62.5 cm³/mol. The van der Waals surface area contributed by atoms with Crippen LogP contribution < -0.4 is 5.56 Å². The van der Waals surface area contributed by atoms with E-state index in [4.69, 9.17) is 0 Å². The molecular formula is C11H8N4O3. The number of nitrogens with one attached hydrogen (secondary N) is 1. The van der Waals surface area contributed by atoms with E-state index in [-0.39, 0.29) is 11.1 Å². The van der Waals surface area contributed by atoms with Gasteiger partial charge in [0, 0.05) is 6.20 Å². The Kier molecular flexibility index (Phi) is 2.12. The van der Waals surface area contributed by atoms with Crippen LogP contribution in [0.3, 0.4) is 0 Å². The van der Waals surface area contributed by atoms with Gasteiger partial charge in [-0.2, -0.15) is 0 Å². The molecule has 7 heteroatoms. The first-order valence-corrected chi connectivity index (χ1v) is 5.13. The minimum Gasteiger partial charge on any atom is -0.465 e. The molecule has 0 saturated heterocycles. The van der Waals surface area contributed by atoms with Gasteiger partial charge < -0.3 is 9.72 Å². The highest BCUT2D eigenvalue weighted by Gasteiger charge is 2.10. The monoisotopic (exact) mass is 244 g/mol.